The van der Waals surface area contributed by atoms with Gasteiger partial charge in [0.1, 0.15) is 5.75 Å². The van der Waals surface area contributed by atoms with E-state index in [2.05, 4.69) is 11.8 Å². The number of ether oxygens (including phenoxy) is 1. The van der Waals surface area contributed by atoms with Crippen molar-refractivity contribution in [3.05, 3.63) is 53.6 Å². The molecule has 18 heavy (non-hydrogen) atoms. The van der Waals surface area contributed by atoms with Crippen LogP contribution in [-0.2, 0) is 9.59 Å². The number of ketones is 2. The van der Waals surface area contributed by atoms with Crippen molar-refractivity contribution in [2.45, 2.75) is 0 Å². The van der Waals surface area contributed by atoms with Crippen molar-refractivity contribution in [2.75, 3.05) is 7.11 Å². The van der Waals surface area contributed by atoms with Gasteiger partial charge in [0.2, 0.25) is 0 Å². The molecule has 0 aliphatic heterocycles. The summed E-state index contributed by atoms with van der Waals surface area (Å²) in [5, 5.41) is 0. The first kappa shape index (κ1) is 11.9. The van der Waals surface area contributed by atoms with E-state index < -0.39 is 0 Å². The Hall–Kier alpha value is -2.60. The van der Waals surface area contributed by atoms with Gasteiger partial charge in [0.15, 0.2) is 11.6 Å². The molecular formula is C15H10O3. The summed E-state index contributed by atoms with van der Waals surface area (Å²) >= 11 is 0. The van der Waals surface area contributed by atoms with E-state index in [0.29, 0.717) is 11.3 Å². The zero-order valence-electron chi connectivity index (χ0n) is 9.77. The van der Waals surface area contributed by atoms with Crippen LogP contribution in [0.3, 0.4) is 0 Å². The van der Waals surface area contributed by atoms with Crippen molar-refractivity contribution in [1.82, 2.24) is 0 Å². The molecule has 0 N–H and O–H groups in total. The fourth-order valence-corrected chi connectivity index (χ4v) is 1.49. The van der Waals surface area contributed by atoms with Gasteiger partial charge >= 0.3 is 0 Å². The molecule has 0 amide bonds. The molecule has 1 aromatic carbocycles. The van der Waals surface area contributed by atoms with E-state index in [0.717, 1.165) is 0 Å². The molecule has 1 aromatic rings. The molecule has 1 aliphatic rings. The number of para-hydroxylation sites is 1. The van der Waals surface area contributed by atoms with E-state index in [9.17, 15) is 9.59 Å². The predicted octanol–water partition coefficient (Wildman–Crippen LogP) is 1.68. The molecule has 0 bridgehead atoms. The molecular weight excluding hydrogens is 228 g/mol. The van der Waals surface area contributed by atoms with Crippen molar-refractivity contribution in [1.29, 1.82) is 0 Å². The fraction of sp³-hybridized carbons (Fsp3) is 0.0667. The van der Waals surface area contributed by atoms with Crippen LogP contribution in [0.4, 0.5) is 0 Å². The monoisotopic (exact) mass is 238 g/mol. The molecule has 3 heteroatoms. The van der Waals surface area contributed by atoms with Crippen molar-refractivity contribution in [3.8, 4) is 17.6 Å². The Morgan fingerprint density at radius 1 is 1.06 bits per heavy atom. The second kappa shape index (κ2) is 5.15. The number of hydrogen-bond donors (Lipinski definition) is 0. The average molecular weight is 238 g/mol. The van der Waals surface area contributed by atoms with Crippen LogP contribution in [-0.4, -0.2) is 18.7 Å². The Labute approximate surface area is 105 Å². The maximum atomic E-state index is 11.5. The van der Waals surface area contributed by atoms with Crippen molar-refractivity contribution in [3.63, 3.8) is 0 Å². The summed E-state index contributed by atoms with van der Waals surface area (Å²) in [6, 6.07) is 7.24. The second-order valence-corrected chi connectivity index (χ2v) is 3.61. The average Bonchev–Trinajstić information content (AvgIpc) is 2.40. The summed E-state index contributed by atoms with van der Waals surface area (Å²) in [4.78, 5) is 22.6. The molecule has 0 aromatic heterocycles. The van der Waals surface area contributed by atoms with Crippen LogP contribution in [0, 0.1) is 11.8 Å². The van der Waals surface area contributed by atoms with Crippen LogP contribution in [0.15, 0.2) is 48.1 Å². The first-order valence-corrected chi connectivity index (χ1v) is 5.34. The number of carbonyl (C=O) groups is 2. The lowest BCUT2D eigenvalue weighted by molar-refractivity contribution is -0.114. The summed E-state index contributed by atoms with van der Waals surface area (Å²) in [5.74, 6) is 5.70. The van der Waals surface area contributed by atoms with Crippen LogP contribution in [0.2, 0.25) is 0 Å². The largest absolute Gasteiger partial charge is 0.495 e. The zero-order chi connectivity index (χ0) is 13.0. The number of methoxy groups -OCH3 is 1. The van der Waals surface area contributed by atoms with Crippen LogP contribution in [0.1, 0.15) is 5.56 Å². The van der Waals surface area contributed by atoms with Crippen LogP contribution in [0.5, 0.6) is 5.75 Å². The van der Waals surface area contributed by atoms with Gasteiger partial charge in [0.25, 0.3) is 0 Å². The van der Waals surface area contributed by atoms with E-state index in [-0.39, 0.29) is 17.1 Å². The van der Waals surface area contributed by atoms with E-state index in [4.69, 9.17) is 4.74 Å². The van der Waals surface area contributed by atoms with Gasteiger partial charge in [0, 0.05) is 6.08 Å². The smallest absolute Gasteiger partial charge is 0.194 e. The lowest BCUT2D eigenvalue weighted by Gasteiger charge is -2.01. The maximum Gasteiger partial charge on any atom is 0.194 e. The Balaban J connectivity index is 2.32. The summed E-state index contributed by atoms with van der Waals surface area (Å²) in [6.07, 6.45) is 3.70. The summed E-state index contributed by atoms with van der Waals surface area (Å²) in [6.45, 7) is 0. The number of carbonyl (C=O) groups excluding carboxylic acids is 2. The standard InChI is InChI=1S/C15H10O3/c1-18-15-5-3-2-4-11(15)6-7-12-10-13(16)8-9-14(12)17/h2-5,8-10H,1H3. The molecule has 88 valence electrons. The Kier molecular flexibility index (Phi) is 3.40. The maximum absolute atomic E-state index is 11.5. The SMILES string of the molecule is COc1ccccc1C#CC1=CC(=O)C=CC1=O. The predicted molar refractivity (Wildman–Crippen MR) is 67.1 cm³/mol. The number of allylic oxidation sites excluding steroid dienone is 4. The summed E-state index contributed by atoms with van der Waals surface area (Å²) in [7, 11) is 1.55. The quantitative estimate of drug-likeness (QED) is 0.552. The summed E-state index contributed by atoms with van der Waals surface area (Å²) in [5.41, 5.74) is 0.879. The first-order valence-electron chi connectivity index (χ1n) is 5.34. The Bertz CT molecular complexity index is 625. The van der Waals surface area contributed by atoms with E-state index >= 15 is 0 Å². The Morgan fingerprint density at radius 3 is 2.61 bits per heavy atom. The van der Waals surface area contributed by atoms with Crippen LogP contribution >= 0.6 is 0 Å². The van der Waals surface area contributed by atoms with Gasteiger partial charge in [0.05, 0.1) is 18.2 Å². The van der Waals surface area contributed by atoms with Crippen molar-refractivity contribution >= 4 is 11.6 Å². The minimum absolute atomic E-state index is 0.202. The molecule has 0 fully saturated rings. The molecule has 1 aliphatic carbocycles. The summed E-state index contributed by atoms with van der Waals surface area (Å²) < 4.78 is 5.15. The van der Waals surface area contributed by atoms with E-state index in [1.165, 1.54) is 18.2 Å². The molecule has 2 rings (SSSR count). The highest BCUT2D eigenvalue weighted by molar-refractivity contribution is 6.19. The number of benzene rings is 1. The third-order valence-electron chi connectivity index (χ3n) is 2.39. The van der Waals surface area contributed by atoms with E-state index in [1.807, 2.05) is 12.1 Å². The molecule has 0 heterocycles. The van der Waals surface area contributed by atoms with Gasteiger partial charge in [-0.3, -0.25) is 9.59 Å². The minimum Gasteiger partial charge on any atom is -0.495 e. The highest BCUT2D eigenvalue weighted by Gasteiger charge is 2.10. The Morgan fingerprint density at radius 2 is 1.83 bits per heavy atom. The van der Waals surface area contributed by atoms with Crippen molar-refractivity contribution < 1.29 is 14.3 Å². The van der Waals surface area contributed by atoms with Gasteiger partial charge in [-0.15, -0.1) is 0 Å². The molecule has 0 radical (unpaired) electrons. The van der Waals surface area contributed by atoms with Gasteiger partial charge in [-0.25, -0.2) is 0 Å². The molecule has 0 atom stereocenters. The lowest BCUT2D eigenvalue weighted by Crippen LogP contribution is -2.05. The van der Waals surface area contributed by atoms with Gasteiger partial charge in [-0.2, -0.15) is 0 Å². The van der Waals surface area contributed by atoms with Crippen molar-refractivity contribution in [2.24, 2.45) is 0 Å². The van der Waals surface area contributed by atoms with Crippen LogP contribution in [0.25, 0.3) is 0 Å². The fourth-order valence-electron chi connectivity index (χ4n) is 1.49. The third-order valence-corrected chi connectivity index (χ3v) is 2.39. The molecule has 0 spiro atoms. The minimum atomic E-state index is -0.253. The molecule has 0 saturated heterocycles. The van der Waals surface area contributed by atoms with Gasteiger partial charge in [-0.1, -0.05) is 24.0 Å². The zero-order valence-corrected chi connectivity index (χ0v) is 9.77. The first-order chi connectivity index (χ1) is 8.70. The molecule has 0 unspecified atom stereocenters. The highest BCUT2D eigenvalue weighted by Crippen LogP contribution is 2.16. The number of rotatable bonds is 1. The van der Waals surface area contributed by atoms with Gasteiger partial charge in [-0.05, 0) is 24.3 Å². The normalized spacial score (nSPS) is 13.7. The second-order valence-electron chi connectivity index (χ2n) is 3.61. The highest BCUT2D eigenvalue weighted by atomic mass is 16.5. The van der Waals surface area contributed by atoms with Gasteiger partial charge < -0.3 is 4.74 Å². The number of hydrogen-bond acceptors (Lipinski definition) is 3. The molecule has 0 saturated carbocycles. The van der Waals surface area contributed by atoms with Crippen LogP contribution < -0.4 is 4.74 Å². The third kappa shape index (κ3) is 2.55. The lowest BCUT2D eigenvalue weighted by atomic mass is 10.0. The topological polar surface area (TPSA) is 43.4 Å². The molecule has 3 nitrogen and oxygen atoms in total. The van der Waals surface area contributed by atoms with E-state index in [1.54, 1.807) is 19.2 Å².